The Morgan fingerprint density at radius 2 is 2.09 bits per heavy atom. The summed E-state index contributed by atoms with van der Waals surface area (Å²) in [6.45, 7) is 2.00. The molecule has 0 aliphatic carbocycles. The molecule has 1 heterocycles. The van der Waals surface area contributed by atoms with E-state index in [1.165, 1.54) is 7.11 Å². The highest BCUT2D eigenvalue weighted by molar-refractivity contribution is 5.95. The summed E-state index contributed by atoms with van der Waals surface area (Å²) >= 11 is 0. The molecule has 1 N–H and O–H groups in total. The van der Waals surface area contributed by atoms with Crippen molar-refractivity contribution < 1.29 is 14.3 Å². The molecular weight excluding hydrogens is 294 g/mol. The zero-order valence-electron chi connectivity index (χ0n) is 13.6. The molecule has 1 amide bonds. The fraction of sp³-hybridized carbons (Fsp3) is 0.353. The third kappa shape index (κ3) is 4.42. The van der Waals surface area contributed by atoms with E-state index < -0.39 is 5.97 Å². The molecule has 122 valence electrons. The Morgan fingerprint density at radius 1 is 1.30 bits per heavy atom. The second-order valence-electron chi connectivity index (χ2n) is 5.25. The maximum absolute atomic E-state index is 12.1. The Labute approximate surface area is 135 Å². The summed E-state index contributed by atoms with van der Waals surface area (Å²) in [5, 5.41) is 7.12. The van der Waals surface area contributed by atoms with Crippen LogP contribution in [0.25, 0.3) is 0 Å². The van der Waals surface area contributed by atoms with E-state index in [4.69, 9.17) is 4.74 Å². The lowest BCUT2D eigenvalue weighted by Crippen LogP contribution is -2.15. The molecule has 1 aromatic carbocycles. The highest BCUT2D eigenvalue weighted by Gasteiger charge is 2.12. The minimum atomic E-state index is -0.420. The van der Waals surface area contributed by atoms with Crippen LogP contribution < -0.4 is 5.32 Å². The molecule has 0 atom stereocenters. The van der Waals surface area contributed by atoms with E-state index in [-0.39, 0.29) is 5.91 Å². The van der Waals surface area contributed by atoms with E-state index in [0.717, 1.165) is 17.7 Å². The first-order valence-corrected chi connectivity index (χ1v) is 7.53. The molecule has 0 saturated heterocycles. The summed E-state index contributed by atoms with van der Waals surface area (Å²) in [4.78, 5) is 23.8. The third-order valence-corrected chi connectivity index (χ3v) is 3.56. The molecule has 0 bridgehead atoms. The SMILES string of the molecule is CCc1ccc(C(=O)OC)cc1NC(=O)CCc1ccn(C)n1. The Morgan fingerprint density at radius 3 is 2.70 bits per heavy atom. The summed E-state index contributed by atoms with van der Waals surface area (Å²) in [7, 11) is 3.18. The second-order valence-corrected chi connectivity index (χ2v) is 5.25. The smallest absolute Gasteiger partial charge is 0.337 e. The van der Waals surface area contributed by atoms with Crippen molar-refractivity contribution in [1.82, 2.24) is 9.78 Å². The maximum Gasteiger partial charge on any atom is 0.337 e. The standard InChI is InChI=1S/C17H21N3O3/c1-4-12-5-6-13(17(22)23-3)11-15(12)18-16(21)8-7-14-9-10-20(2)19-14/h5-6,9-11H,4,7-8H2,1-3H3,(H,18,21). The van der Waals surface area contributed by atoms with Crippen LogP contribution in [0.4, 0.5) is 5.69 Å². The fourth-order valence-electron chi connectivity index (χ4n) is 2.30. The van der Waals surface area contributed by atoms with Crippen LogP contribution in [0.3, 0.4) is 0 Å². The third-order valence-electron chi connectivity index (χ3n) is 3.56. The van der Waals surface area contributed by atoms with Gasteiger partial charge in [0.15, 0.2) is 0 Å². The van der Waals surface area contributed by atoms with Crippen molar-refractivity contribution in [3.63, 3.8) is 0 Å². The predicted octanol–water partition coefficient (Wildman–Crippen LogP) is 2.34. The number of hydrogen-bond acceptors (Lipinski definition) is 4. The minimum absolute atomic E-state index is 0.104. The van der Waals surface area contributed by atoms with Gasteiger partial charge in [0.2, 0.25) is 5.91 Å². The molecule has 2 rings (SSSR count). The summed E-state index contributed by atoms with van der Waals surface area (Å²) in [6, 6.07) is 7.08. The first-order valence-electron chi connectivity index (χ1n) is 7.53. The van der Waals surface area contributed by atoms with E-state index in [2.05, 4.69) is 10.4 Å². The van der Waals surface area contributed by atoms with Gasteiger partial charge in [-0.05, 0) is 30.2 Å². The monoisotopic (exact) mass is 315 g/mol. The van der Waals surface area contributed by atoms with Crippen LogP contribution in [0.5, 0.6) is 0 Å². The molecule has 0 saturated carbocycles. The van der Waals surface area contributed by atoms with Crippen molar-refractivity contribution in [2.45, 2.75) is 26.2 Å². The molecule has 6 heteroatoms. The number of aromatic nitrogens is 2. The number of nitrogens with one attached hydrogen (secondary N) is 1. The molecule has 0 unspecified atom stereocenters. The maximum atomic E-state index is 12.1. The first-order chi connectivity index (χ1) is 11.0. The number of rotatable bonds is 6. The molecule has 0 aliphatic heterocycles. The van der Waals surface area contributed by atoms with Gasteiger partial charge in [-0.15, -0.1) is 0 Å². The van der Waals surface area contributed by atoms with Crippen LogP contribution in [-0.2, 0) is 29.4 Å². The number of hydrogen-bond donors (Lipinski definition) is 1. The predicted molar refractivity (Wildman–Crippen MR) is 87.3 cm³/mol. The van der Waals surface area contributed by atoms with Crippen molar-refractivity contribution in [3.05, 3.63) is 47.3 Å². The largest absolute Gasteiger partial charge is 0.465 e. The zero-order chi connectivity index (χ0) is 16.8. The quantitative estimate of drug-likeness (QED) is 0.830. The number of ether oxygens (including phenoxy) is 1. The van der Waals surface area contributed by atoms with Crippen LogP contribution in [-0.4, -0.2) is 28.8 Å². The summed E-state index contributed by atoms with van der Waals surface area (Å²) in [5.74, 6) is -0.524. The number of carbonyl (C=O) groups is 2. The van der Waals surface area contributed by atoms with E-state index in [1.807, 2.05) is 32.3 Å². The van der Waals surface area contributed by atoms with Gasteiger partial charge in [-0.1, -0.05) is 13.0 Å². The van der Waals surface area contributed by atoms with Gasteiger partial charge in [0.1, 0.15) is 0 Å². The normalized spacial score (nSPS) is 10.4. The number of esters is 1. The average molecular weight is 315 g/mol. The molecule has 0 fully saturated rings. The van der Waals surface area contributed by atoms with Crippen LogP contribution in [0, 0.1) is 0 Å². The number of aryl methyl sites for hydroxylation is 3. The van der Waals surface area contributed by atoms with Gasteiger partial charge in [-0.3, -0.25) is 9.48 Å². The summed E-state index contributed by atoms with van der Waals surface area (Å²) in [5.41, 5.74) is 2.93. The summed E-state index contributed by atoms with van der Waals surface area (Å²) in [6.07, 6.45) is 3.52. The number of benzene rings is 1. The molecule has 2 aromatic rings. The van der Waals surface area contributed by atoms with Crippen LogP contribution >= 0.6 is 0 Å². The van der Waals surface area contributed by atoms with Crippen LogP contribution in [0.2, 0.25) is 0 Å². The van der Waals surface area contributed by atoms with E-state index in [9.17, 15) is 9.59 Å². The summed E-state index contributed by atoms with van der Waals surface area (Å²) < 4.78 is 6.43. The van der Waals surface area contributed by atoms with Crippen molar-refractivity contribution in [2.24, 2.45) is 7.05 Å². The molecule has 23 heavy (non-hydrogen) atoms. The van der Waals surface area contributed by atoms with Crippen molar-refractivity contribution >= 4 is 17.6 Å². The Bertz CT molecular complexity index is 707. The van der Waals surface area contributed by atoms with Gasteiger partial charge in [0, 0.05) is 31.8 Å². The molecule has 0 aliphatic rings. The van der Waals surface area contributed by atoms with Gasteiger partial charge in [0.25, 0.3) is 0 Å². The lowest BCUT2D eigenvalue weighted by atomic mass is 10.1. The van der Waals surface area contributed by atoms with Crippen molar-refractivity contribution in [3.8, 4) is 0 Å². The highest BCUT2D eigenvalue weighted by Crippen LogP contribution is 2.19. The lowest BCUT2D eigenvalue weighted by molar-refractivity contribution is -0.116. The first kappa shape index (κ1) is 16.7. The van der Waals surface area contributed by atoms with E-state index >= 15 is 0 Å². The van der Waals surface area contributed by atoms with Crippen LogP contribution in [0.15, 0.2) is 30.5 Å². The van der Waals surface area contributed by atoms with Crippen molar-refractivity contribution in [1.29, 1.82) is 0 Å². The fourth-order valence-corrected chi connectivity index (χ4v) is 2.30. The van der Waals surface area contributed by atoms with E-state index in [0.29, 0.717) is 24.1 Å². The Balaban J connectivity index is 2.05. The molecule has 0 radical (unpaired) electrons. The van der Waals surface area contributed by atoms with Gasteiger partial charge in [0.05, 0.1) is 18.4 Å². The number of methoxy groups -OCH3 is 1. The number of carbonyl (C=O) groups excluding carboxylic acids is 2. The molecule has 6 nitrogen and oxygen atoms in total. The lowest BCUT2D eigenvalue weighted by Gasteiger charge is -2.11. The Kier molecular flexibility index (Phi) is 5.51. The van der Waals surface area contributed by atoms with E-state index in [1.54, 1.807) is 16.8 Å². The number of anilines is 1. The zero-order valence-corrected chi connectivity index (χ0v) is 13.6. The van der Waals surface area contributed by atoms with Gasteiger partial charge >= 0.3 is 5.97 Å². The van der Waals surface area contributed by atoms with Gasteiger partial charge in [-0.25, -0.2) is 4.79 Å². The highest BCUT2D eigenvalue weighted by atomic mass is 16.5. The average Bonchev–Trinajstić information content (AvgIpc) is 2.97. The number of nitrogens with zero attached hydrogens (tertiary/aromatic N) is 2. The number of amides is 1. The molecule has 0 spiro atoms. The molecular formula is C17H21N3O3. The minimum Gasteiger partial charge on any atom is -0.465 e. The van der Waals surface area contributed by atoms with Gasteiger partial charge in [-0.2, -0.15) is 5.10 Å². The topological polar surface area (TPSA) is 73.2 Å². The second kappa shape index (κ2) is 7.58. The molecule has 1 aromatic heterocycles. The van der Waals surface area contributed by atoms with Crippen molar-refractivity contribution in [2.75, 3.05) is 12.4 Å². The van der Waals surface area contributed by atoms with Gasteiger partial charge < -0.3 is 10.1 Å². The Hall–Kier alpha value is -2.63. The van der Waals surface area contributed by atoms with Crippen LogP contribution in [0.1, 0.15) is 35.0 Å².